The first-order valence-corrected chi connectivity index (χ1v) is 4.81. The molecule has 1 aromatic rings. The first-order chi connectivity index (χ1) is 6.38. The predicted octanol–water partition coefficient (Wildman–Crippen LogP) is 2.92. The summed E-state index contributed by atoms with van der Waals surface area (Å²) in [6, 6.07) is 8.06. The van der Waals surface area contributed by atoms with E-state index in [4.69, 9.17) is 0 Å². The number of fused-ring (bicyclic) bond motifs is 1. The minimum Gasteiger partial charge on any atom is -0.388 e. The predicted molar refractivity (Wildman–Crippen MR) is 54.3 cm³/mol. The van der Waals surface area contributed by atoms with Gasteiger partial charge in [-0.25, -0.2) is 0 Å². The van der Waals surface area contributed by atoms with E-state index in [2.05, 4.69) is 18.2 Å². The van der Waals surface area contributed by atoms with Crippen LogP contribution in [0.5, 0.6) is 0 Å². The average molecular weight is 174 g/mol. The van der Waals surface area contributed by atoms with E-state index in [1.807, 2.05) is 18.2 Å². The Bertz CT molecular complexity index is 315. The molecule has 68 valence electrons. The molecule has 0 bridgehead atoms. The summed E-state index contributed by atoms with van der Waals surface area (Å²) in [5, 5.41) is 9.83. The number of hydrogen-bond donors (Lipinski definition) is 1. The molecule has 0 saturated heterocycles. The van der Waals surface area contributed by atoms with Gasteiger partial charge in [0.2, 0.25) is 0 Å². The zero-order valence-corrected chi connectivity index (χ0v) is 7.61. The Kier molecular flexibility index (Phi) is 2.46. The second kappa shape index (κ2) is 3.75. The molecule has 1 atom stereocenters. The van der Waals surface area contributed by atoms with Crippen molar-refractivity contribution in [3.05, 3.63) is 41.5 Å². The van der Waals surface area contributed by atoms with Crippen molar-refractivity contribution >= 4 is 6.08 Å². The van der Waals surface area contributed by atoms with E-state index in [0.29, 0.717) is 0 Å². The van der Waals surface area contributed by atoms with Crippen LogP contribution in [0.3, 0.4) is 0 Å². The van der Waals surface area contributed by atoms with E-state index in [0.717, 1.165) is 30.4 Å². The minimum atomic E-state index is -0.277. The smallest absolute Gasteiger partial charge is 0.0795 e. The second-order valence-corrected chi connectivity index (χ2v) is 3.48. The SMILES string of the molecule is OC1CCC/C=C/c2ccccc21. The molecule has 1 unspecified atom stereocenters. The summed E-state index contributed by atoms with van der Waals surface area (Å²) >= 11 is 0. The standard InChI is InChI=1S/C12H14O/c13-12-9-3-1-2-6-10-7-4-5-8-11(10)12/h2,4-8,12-13H,1,3,9H2/b6-2+. The molecule has 0 radical (unpaired) electrons. The fourth-order valence-electron chi connectivity index (χ4n) is 1.76. The van der Waals surface area contributed by atoms with Gasteiger partial charge in [-0.1, -0.05) is 36.4 Å². The third-order valence-corrected chi connectivity index (χ3v) is 2.50. The molecule has 0 aromatic heterocycles. The van der Waals surface area contributed by atoms with Gasteiger partial charge in [-0.2, -0.15) is 0 Å². The average Bonchev–Trinajstić information content (AvgIpc) is 2.14. The summed E-state index contributed by atoms with van der Waals surface area (Å²) < 4.78 is 0. The van der Waals surface area contributed by atoms with Crippen molar-refractivity contribution in [2.45, 2.75) is 25.4 Å². The van der Waals surface area contributed by atoms with Crippen molar-refractivity contribution in [2.24, 2.45) is 0 Å². The monoisotopic (exact) mass is 174 g/mol. The highest BCUT2D eigenvalue weighted by Crippen LogP contribution is 2.26. The van der Waals surface area contributed by atoms with E-state index in [-0.39, 0.29) is 6.10 Å². The largest absolute Gasteiger partial charge is 0.388 e. The van der Waals surface area contributed by atoms with E-state index in [1.54, 1.807) is 0 Å². The third kappa shape index (κ3) is 1.81. The zero-order valence-electron chi connectivity index (χ0n) is 7.61. The van der Waals surface area contributed by atoms with Gasteiger partial charge in [0.1, 0.15) is 0 Å². The molecule has 0 fully saturated rings. The normalized spacial score (nSPS) is 24.2. The Morgan fingerprint density at radius 3 is 3.00 bits per heavy atom. The molecule has 0 aliphatic heterocycles. The van der Waals surface area contributed by atoms with Gasteiger partial charge in [-0.15, -0.1) is 0 Å². The van der Waals surface area contributed by atoms with Crippen LogP contribution >= 0.6 is 0 Å². The Labute approximate surface area is 78.7 Å². The van der Waals surface area contributed by atoms with Gasteiger partial charge < -0.3 is 5.11 Å². The van der Waals surface area contributed by atoms with Gasteiger partial charge >= 0.3 is 0 Å². The number of allylic oxidation sites excluding steroid dienone is 1. The van der Waals surface area contributed by atoms with E-state index in [9.17, 15) is 5.11 Å². The van der Waals surface area contributed by atoms with Gasteiger partial charge in [0, 0.05) is 0 Å². The molecule has 2 rings (SSSR count). The van der Waals surface area contributed by atoms with Crippen LogP contribution in [0.4, 0.5) is 0 Å². The van der Waals surface area contributed by atoms with Gasteiger partial charge in [0.05, 0.1) is 6.10 Å². The molecule has 1 N–H and O–H groups in total. The topological polar surface area (TPSA) is 20.2 Å². The third-order valence-electron chi connectivity index (χ3n) is 2.50. The van der Waals surface area contributed by atoms with Crippen LogP contribution < -0.4 is 0 Å². The maximum absolute atomic E-state index is 9.83. The first-order valence-electron chi connectivity index (χ1n) is 4.81. The lowest BCUT2D eigenvalue weighted by molar-refractivity contribution is 0.164. The van der Waals surface area contributed by atoms with Crippen molar-refractivity contribution in [1.82, 2.24) is 0 Å². The summed E-state index contributed by atoms with van der Waals surface area (Å²) in [5.41, 5.74) is 2.23. The highest BCUT2D eigenvalue weighted by Gasteiger charge is 2.11. The summed E-state index contributed by atoms with van der Waals surface area (Å²) in [5.74, 6) is 0. The molecule has 0 heterocycles. The number of aliphatic hydroxyl groups is 1. The summed E-state index contributed by atoms with van der Waals surface area (Å²) in [4.78, 5) is 0. The van der Waals surface area contributed by atoms with Gasteiger partial charge in [-0.05, 0) is 30.4 Å². The molecular formula is C12H14O. The van der Waals surface area contributed by atoms with Crippen molar-refractivity contribution in [3.63, 3.8) is 0 Å². The number of rotatable bonds is 0. The van der Waals surface area contributed by atoms with E-state index in [1.165, 1.54) is 0 Å². The molecule has 0 amide bonds. The van der Waals surface area contributed by atoms with Crippen molar-refractivity contribution < 1.29 is 5.11 Å². The van der Waals surface area contributed by atoms with E-state index >= 15 is 0 Å². The molecule has 1 heteroatoms. The van der Waals surface area contributed by atoms with Crippen LogP contribution in [0, 0.1) is 0 Å². The maximum atomic E-state index is 9.83. The highest BCUT2D eigenvalue weighted by molar-refractivity contribution is 5.54. The summed E-state index contributed by atoms with van der Waals surface area (Å²) in [6.45, 7) is 0. The Morgan fingerprint density at radius 1 is 1.23 bits per heavy atom. The number of aliphatic hydroxyl groups excluding tert-OH is 1. The van der Waals surface area contributed by atoms with Crippen LogP contribution in [0.1, 0.15) is 36.5 Å². The lowest BCUT2D eigenvalue weighted by Crippen LogP contribution is -2.01. The fraction of sp³-hybridized carbons (Fsp3) is 0.333. The van der Waals surface area contributed by atoms with Gasteiger partial charge in [0.25, 0.3) is 0 Å². The van der Waals surface area contributed by atoms with Crippen LogP contribution in [0.2, 0.25) is 0 Å². The minimum absolute atomic E-state index is 0.277. The molecular weight excluding hydrogens is 160 g/mol. The molecule has 1 aromatic carbocycles. The lowest BCUT2D eigenvalue weighted by atomic mass is 9.95. The number of benzene rings is 1. The van der Waals surface area contributed by atoms with Gasteiger partial charge in [-0.3, -0.25) is 0 Å². The number of hydrogen-bond acceptors (Lipinski definition) is 1. The van der Waals surface area contributed by atoms with Crippen LogP contribution in [0.25, 0.3) is 6.08 Å². The van der Waals surface area contributed by atoms with Crippen molar-refractivity contribution in [1.29, 1.82) is 0 Å². The van der Waals surface area contributed by atoms with Crippen LogP contribution in [-0.4, -0.2) is 5.11 Å². The van der Waals surface area contributed by atoms with E-state index < -0.39 is 0 Å². The fourth-order valence-corrected chi connectivity index (χ4v) is 1.76. The maximum Gasteiger partial charge on any atom is 0.0795 e. The summed E-state index contributed by atoms with van der Waals surface area (Å²) in [6.07, 6.45) is 7.04. The quantitative estimate of drug-likeness (QED) is 0.641. The Morgan fingerprint density at radius 2 is 2.08 bits per heavy atom. The first kappa shape index (κ1) is 8.52. The molecule has 1 nitrogen and oxygen atoms in total. The lowest BCUT2D eigenvalue weighted by Gasteiger charge is -2.15. The van der Waals surface area contributed by atoms with Crippen molar-refractivity contribution in [3.8, 4) is 0 Å². The Balaban J connectivity index is 2.43. The van der Waals surface area contributed by atoms with Crippen molar-refractivity contribution in [2.75, 3.05) is 0 Å². The Hall–Kier alpha value is -1.08. The van der Waals surface area contributed by atoms with Crippen LogP contribution in [0.15, 0.2) is 30.3 Å². The van der Waals surface area contributed by atoms with Gasteiger partial charge in [0.15, 0.2) is 0 Å². The van der Waals surface area contributed by atoms with Crippen LogP contribution in [-0.2, 0) is 0 Å². The molecule has 0 saturated carbocycles. The molecule has 1 aliphatic rings. The summed E-state index contributed by atoms with van der Waals surface area (Å²) in [7, 11) is 0. The molecule has 13 heavy (non-hydrogen) atoms. The zero-order chi connectivity index (χ0) is 9.10. The second-order valence-electron chi connectivity index (χ2n) is 3.48. The highest BCUT2D eigenvalue weighted by atomic mass is 16.3. The molecule has 0 spiro atoms. The molecule has 1 aliphatic carbocycles.